The summed E-state index contributed by atoms with van der Waals surface area (Å²) in [4.78, 5) is 4.56. The first kappa shape index (κ1) is 12.2. The highest BCUT2D eigenvalue weighted by atomic mass is 32.2. The fraction of sp³-hybridized carbons (Fsp3) is 0.900. The Balaban J connectivity index is 2.27. The standard InChI is InChI=1S/C10H20N2S2/c1-4-10(2)8-14-9(12-10)11-6-5-7-13-3/h4-8H2,1-3H3,(H,11,12). The van der Waals surface area contributed by atoms with Crippen LogP contribution >= 0.6 is 23.5 Å². The van der Waals surface area contributed by atoms with Crippen molar-refractivity contribution in [3.8, 4) is 0 Å². The molecule has 4 heteroatoms. The summed E-state index contributed by atoms with van der Waals surface area (Å²) >= 11 is 3.76. The summed E-state index contributed by atoms with van der Waals surface area (Å²) in [7, 11) is 0. The number of hydrogen-bond donors (Lipinski definition) is 1. The van der Waals surface area contributed by atoms with Crippen molar-refractivity contribution in [2.75, 3.05) is 24.3 Å². The molecule has 1 atom stereocenters. The van der Waals surface area contributed by atoms with Crippen LogP contribution in [0.3, 0.4) is 0 Å². The molecule has 0 bridgehead atoms. The Hall–Kier alpha value is 0.170. The average Bonchev–Trinajstić information content (AvgIpc) is 2.56. The van der Waals surface area contributed by atoms with Gasteiger partial charge in [-0.25, -0.2) is 0 Å². The highest BCUT2D eigenvalue weighted by Crippen LogP contribution is 2.25. The molecular formula is C10H20N2S2. The quantitative estimate of drug-likeness (QED) is 0.737. The number of thioether (sulfide) groups is 2. The highest BCUT2D eigenvalue weighted by Gasteiger charge is 2.30. The van der Waals surface area contributed by atoms with Crippen molar-refractivity contribution in [3.05, 3.63) is 0 Å². The Morgan fingerprint density at radius 3 is 3.00 bits per heavy atom. The third-order valence-corrected chi connectivity index (χ3v) is 4.46. The van der Waals surface area contributed by atoms with Crippen molar-refractivity contribution in [1.82, 2.24) is 5.32 Å². The van der Waals surface area contributed by atoms with Gasteiger partial charge in [0.25, 0.3) is 0 Å². The molecule has 0 aliphatic carbocycles. The van der Waals surface area contributed by atoms with Gasteiger partial charge in [-0.05, 0) is 31.8 Å². The number of amidine groups is 1. The van der Waals surface area contributed by atoms with Gasteiger partial charge >= 0.3 is 0 Å². The molecule has 0 amide bonds. The molecule has 1 aliphatic rings. The second-order valence-electron chi connectivity index (χ2n) is 3.86. The number of nitrogens with zero attached hydrogens (tertiary/aromatic N) is 1. The van der Waals surface area contributed by atoms with Gasteiger partial charge in [-0.2, -0.15) is 11.8 Å². The number of aliphatic imine (C=N–C) groups is 1. The average molecular weight is 232 g/mol. The molecule has 1 fully saturated rings. The lowest BCUT2D eigenvalue weighted by molar-refractivity contribution is 0.466. The molecule has 0 aromatic carbocycles. The first-order chi connectivity index (χ1) is 6.70. The zero-order valence-electron chi connectivity index (χ0n) is 9.30. The molecule has 1 saturated heterocycles. The normalized spacial score (nSPS) is 29.5. The lowest BCUT2D eigenvalue weighted by Gasteiger charge is -2.20. The fourth-order valence-electron chi connectivity index (χ4n) is 1.22. The second-order valence-corrected chi connectivity index (χ2v) is 5.81. The molecule has 1 aliphatic heterocycles. The van der Waals surface area contributed by atoms with Crippen molar-refractivity contribution in [2.45, 2.75) is 32.2 Å². The van der Waals surface area contributed by atoms with E-state index >= 15 is 0 Å². The smallest absolute Gasteiger partial charge is 0.157 e. The first-order valence-corrected chi connectivity index (χ1v) is 7.52. The van der Waals surface area contributed by atoms with E-state index in [4.69, 9.17) is 0 Å². The van der Waals surface area contributed by atoms with Gasteiger partial charge in [0.1, 0.15) is 0 Å². The monoisotopic (exact) mass is 232 g/mol. The minimum atomic E-state index is 0.281. The van der Waals surface area contributed by atoms with Crippen LogP contribution in [0.4, 0.5) is 0 Å². The van der Waals surface area contributed by atoms with Crippen molar-refractivity contribution in [1.29, 1.82) is 0 Å². The van der Waals surface area contributed by atoms with E-state index in [1.807, 2.05) is 23.5 Å². The summed E-state index contributed by atoms with van der Waals surface area (Å²) in [5.74, 6) is 2.37. The van der Waals surface area contributed by atoms with Gasteiger partial charge in [-0.1, -0.05) is 18.7 Å². The molecule has 1 unspecified atom stereocenters. The zero-order chi connectivity index (χ0) is 10.4. The number of rotatable bonds is 5. The topological polar surface area (TPSA) is 24.4 Å². The molecule has 14 heavy (non-hydrogen) atoms. The summed E-state index contributed by atoms with van der Waals surface area (Å²) in [5, 5.41) is 4.65. The summed E-state index contributed by atoms with van der Waals surface area (Å²) < 4.78 is 0. The molecule has 0 radical (unpaired) electrons. The van der Waals surface area contributed by atoms with E-state index in [0.29, 0.717) is 0 Å². The maximum absolute atomic E-state index is 4.56. The van der Waals surface area contributed by atoms with Gasteiger partial charge in [0.15, 0.2) is 5.17 Å². The van der Waals surface area contributed by atoms with E-state index in [2.05, 4.69) is 30.4 Å². The molecule has 2 nitrogen and oxygen atoms in total. The van der Waals surface area contributed by atoms with Gasteiger partial charge in [0.05, 0.1) is 0 Å². The van der Waals surface area contributed by atoms with E-state index in [0.717, 1.165) is 17.5 Å². The largest absolute Gasteiger partial charge is 0.359 e. The Kier molecular flexibility index (Phi) is 5.17. The van der Waals surface area contributed by atoms with Gasteiger partial charge < -0.3 is 5.32 Å². The van der Waals surface area contributed by atoms with Crippen LogP contribution < -0.4 is 5.32 Å². The minimum Gasteiger partial charge on any atom is -0.359 e. The van der Waals surface area contributed by atoms with Crippen LogP contribution in [0.1, 0.15) is 26.7 Å². The second kappa shape index (κ2) is 5.91. The maximum Gasteiger partial charge on any atom is 0.157 e. The van der Waals surface area contributed by atoms with E-state index < -0.39 is 0 Å². The van der Waals surface area contributed by atoms with Crippen molar-refractivity contribution < 1.29 is 0 Å². The maximum atomic E-state index is 4.56. The SMILES string of the molecule is CCC1(C)CSC(=NCCCSC)N1. The van der Waals surface area contributed by atoms with E-state index in [1.165, 1.54) is 18.6 Å². The summed E-state index contributed by atoms with van der Waals surface area (Å²) in [6, 6.07) is 0. The minimum absolute atomic E-state index is 0.281. The predicted molar refractivity (Wildman–Crippen MR) is 69.6 cm³/mol. The van der Waals surface area contributed by atoms with Gasteiger partial charge in [-0.15, -0.1) is 0 Å². The van der Waals surface area contributed by atoms with Gasteiger partial charge in [0.2, 0.25) is 0 Å². The Morgan fingerprint density at radius 1 is 1.64 bits per heavy atom. The molecule has 1 N–H and O–H groups in total. The molecule has 82 valence electrons. The van der Waals surface area contributed by atoms with Crippen LogP contribution in [-0.4, -0.2) is 35.0 Å². The van der Waals surface area contributed by atoms with E-state index in [-0.39, 0.29) is 5.54 Å². The third kappa shape index (κ3) is 3.73. The highest BCUT2D eigenvalue weighted by molar-refractivity contribution is 8.14. The van der Waals surface area contributed by atoms with Crippen LogP contribution in [0.5, 0.6) is 0 Å². The van der Waals surface area contributed by atoms with Gasteiger partial charge in [-0.3, -0.25) is 4.99 Å². The molecule has 0 aromatic rings. The van der Waals surface area contributed by atoms with Crippen molar-refractivity contribution in [2.24, 2.45) is 4.99 Å². The molecule has 0 spiro atoms. The number of nitrogens with one attached hydrogen (secondary N) is 1. The summed E-state index contributed by atoms with van der Waals surface area (Å²) in [5.41, 5.74) is 0.281. The molecule has 1 heterocycles. The van der Waals surface area contributed by atoms with Gasteiger partial charge in [0, 0.05) is 17.8 Å². The molecular weight excluding hydrogens is 212 g/mol. The predicted octanol–water partition coefficient (Wildman–Crippen LogP) is 2.60. The molecule has 0 saturated carbocycles. The lowest BCUT2D eigenvalue weighted by atomic mass is 10.0. The van der Waals surface area contributed by atoms with E-state index in [1.54, 1.807) is 0 Å². The fourth-order valence-corrected chi connectivity index (χ4v) is 2.87. The molecule has 0 aromatic heterocycles. The Morgan fingerprint density at radius 2 is 2.43 bits per heavy atom. The summed E-state index contributed by atoms with van der Waals surface area (Å²) in [6.07, 6.45) is 4.50. The van der Waals surface area contributed by atoms with Crippen molar-refractivity contribution in [3.63, 3.8) is 0 Å². The van der Waals surface area contributed by atoms with Crippen LogP contribution in [0, 0.1) is 0 Å². The Labute approximate surface area is 95.7 Å². The Bertz CT molecular complexity index is 206. The number of hydrogen-bond acceptors (Lipinski definition) is 3. The van der Waals surface area contributed by atoms with Crippen LogP contribution in [-0.2, 0) is 0 Å². The first-order valence-electron chi connectivity index (χ1n) is 5.14. The van der Waals surface area contributed by atoms with E-state index in [9.17, 15) is 0 Å². The third-order valence-electron chi connectivity index (χ3n) is 2.48. The zero-order valence-corrected chi connectivity index (χ0v) is 10.9. The lowest BCUT2D eigenvalue weighted by Crippen LogP contribution is -2.39. The summed E-state index contributed by atoms with van der Waals surface area (Å²) in [6.45, 7) is 5.46. The molecule has 1 rings (SSSR count). The van der Waals surface area contributed by atoms with Crippen molar-refractivity contribution >= 4 is 28.7 Å². The van der Waals surface area contributed by atoms with Crippen LogP contribution in [0.2, 0.25) is 0 Å². The van der Waals surface area contributed by atoms with Crippen LogP contribution in [0.15, 0.2) is 4.99 Å². The van der Waals surface area contributed by atoms with Crippen LogP contribution in [0.25, 0.3) is 0 Å².